The summed E-state index contributed by atoms with van der Waals surface area (Å²) < 4.78 is 3.55. The van der Waals surface area contributed by atoms with Gasteiger partial charge in [-0.1, -0.05) is 18.5 Å². The van der Waals surface area contributed by atoms with Gasteiger partial charge in [-0.15, -0.1) is 0 Å². The van der Waals surface area contributed by atoms with Crippen molar-refractivity contribution in [2.45, 2.75) is 39.9 Å². The zero-order valence-corrected chi connectivity index (χ0v) is 13.2. The van der Waals surface area contributed by atoms with E-state index < -0.39 is 0 Å². The second-order valence-corrected chi connectivity index (χ2v) is 5.52. The second kappa shape index (κ2) is 6.76. The highest BCUT2D eigenvalue weighted by Crippen LogP contribution is 2.13. The van der Waals surface area contributed by atoms with E-state index in [1.165, 1.54) is 0 Å². The lowest BCUT2D eigenvalue weighted by atomic mass is 10.1. The van der Waals surface area contributed by atoms with E-state index in [2.05, 4.69) is 15.5 Å². The van der Waals surface area contributed by atoms with E-state index in [4.69, 9.17) is 11.6 Å². The van der Waals surface area contributed by atoms with Crippen LogP contribution in [0.25, 0.3) is 0 Å². The molecule has 2 atom stereocenters. The van der Waals surface area contributed by atoms with Gasteiger partial charge in [0.05, 0.1) is 35.4 Å². The van der Waals surface area contributed by atoms with E-state index in [0.29, 0.717) is 11.6 Å². The zero-order valence-electron chi connectivity index (χ0n) is 12.5. The van der Waals surface area contributed by atoms with Crippen LogP contribution in [-0.4, -0.2) is 25.5 Å². The van der Waals surface area contributed by atoms with Crippen LogP contribution in [0.4, 0.5) is 0 Å². The largest absolute Gasteiger partial charge is 0.348 e. The van der Waals surface area contributed by atoms with Gasteiger partial charge < -0.3 is 5.32 Å². The molecule has 21 heavy (non-hydrogen) atoms. The summed E-state index contributed by atoms with van der Waals surface area (Å²) in [6.45, 7) is 7.13. The minimum absolute atomic E-state index is 0.0158. The Bertz CT molecular complexity index is 606. The fraction of sp³-hybridized carbons (Fsp3) is 0.500. The summed E-state index contributed by atoms with van der Waals surface area (Å²) in [5, 5.41) is 11.9. The highest BCUT2D eigenvalue weighted by atomic mass is 35.5. The first-order valence-electron chi connectivity index (χ1n) is 7.01. The van der Waals surface area contributed by atoms with Gasteiger partial charge in [0.15, 0.2) is 0 Å². The Balaban J connectivity index is 1.94. The summed E-state index contributed by atoms with van der Waals surface area (Å²) in [6.07, 6.45) is 5.02. The Morgan fingerprint density at radius 2 is 2.19 bits per heavy atom. The van der Waals surface area contributed by atoms with E-state index in [-0.39, 0.29) is 17.9 Å². The van der Waals surface area contributed by atoms with Crippen molar-refractivity contribution in [2.24, 2.45) is 5.92 Å². The van der Waals surface area contributed by atoms with Crippen molar-refractivity contribution in [3.63, 3.8) is 0 Å². The quantitative estimate of drug-likeness (QED) is 0.890. The monoisotopic (exact) mass is 309 g/mol. The molecule has 0 radical (unpaired) electrons. The molecule has 2 aromatic rings. The molecule has 7 heteroatoms. The van der Waals surface area contributed by atoms with Crippen LogP contribution in [0.5, 0.6) is 0 Å². The number of hydrogen-bond acceptors (Lipinski definition) is 3. The van der Waals surface area contributed by atoms with Crippen LogP contribution in [0, 0.1) is 5.92 Å². The molecule has 0 aliphatic rings. The number of aromatic nitrogens is 4. The van der Waals surface area contributed by atoms with Crippen molar-refractivity contribution in [2.75, 3.05) is 0 Å². The van der Waals surface area contributed by atoms with E-state index >= 15 is 0 Å². The van der Waals surface area contributed by atoms with E-state index in [1.807, 2.05) is 31.5 Å². The van der Waals surface area contributed by atoms with Crippen LogP contribution in [0.3, 0.4) is 0 Å². The minimum atomic E-state index is -0.193. The Hall–Kier alpha value is -1.82. The second-order valence-electron chi connectivity index (χ2n) is 5.08. The van der Waals surface area contributed by atoms with Crippen molar-refractivity contribution >= 4 is 17.5 Å². The number of nitrogens with one attached hydrogen (secondary N) is 1. The summed E-state index contributed by atoms with van der Waals surface area (Å²) in [6, 6.07) is 1.84. The maximum Gasteiger partial charge on any atom is 0.225 e. The highest BCUT2D eigenvalue weighted by molar-refractivity contribution is 6.30. The summed E-state index contributed by atoms with van der Waals surface area (Å²) in [5.41, 5.74) is 1.00. The summed E-state index contributed by atoms with van der Waals surface area (Å²) in [4.78, 5) is 12.2. The SMILES string of the molecule is CCn1nccc1C(C)NC(=O)C(C)Cn1cc(Cl)cn1. The molecule has 2 unspecified atom stereocenters. The lowest BCUT2D eigenvalue weighted by Crippen LogP contribution is -2.34. The topological polar surface area (TPSA) is 64.7 Å². The predicted octanol–water partition coefficient (Wildman–Crippen LogP) is 2.27. The summed E-state index contributed by atoms with van der Waals surface area (Å²) >= 11 is 5.82. The molecule has 1 amide bonds. The maximum absolute atomic E-state index is 12.2. The molecule has 0 aliphatic carbocycles. The Kier molecular flexibility index (Phi) is 5.01. The average molecular weight is 310 g/mol. The molecule has 2 rings (SSSR count). The Morgan fingerprint density at radius 1 is 1.43 bits per heavy atom. The molecule has 0 bridgehead atoms. The summed E-state index contributed by atoms with van der Waals surface area (Å²) in [5.74, 6) is -0.209. The van der Waals surface area contributed by atoms with Crippen molar-refractivity contribution in [3.8, 4) is 0 Å². The number of carbonyl (C=O) groups excluding carboxylic acids is 1. The number of aryl methyl sites for hydroxylation is 1. The molecule has 114 valence electrons. The number of halogens is 1. The fourth-order valence-corrected chi connectivity index (χ4v) is 2.36. The third kappa shape index (κ3) is 3.85. The molecule has 0 saturated carbocycles. The fourth-order valence-electron chi connectivity index (χ4n) is 2.21. The molecule has 0 spiro atoms. The lowest BCUT2D eigenvalue weighted by Gasteiger charge is -2.18. The number of amides is 1. The van der Waals surface area contributed by atoms with Gasteiger partial charge in [0.2, 0.25) is 5.91 Å². The average Bonchev–Trinajstić information content (AvgIpc) is 3.07. The van der Waals surface area contributed by atoms with Crippen LogP contribution in [0.15, 0.2) is 24.7 Å². The smallest absolute Gasteiger partial charge is 0.225 e. The van der Waals surface area contributed by atoms with Gasteiger partial charge in [0.25, 0.3) is 0 Å². The Morgan fingerprint density at radius 3 is 2.81 bits per heavy atom. The lowest BCUT2D eigenvalue weighted by molar-refractivity contribution is -0.125. The first-order valence-corrected chi connectivity index (χ1v) is 7.39. The van der Waals surface area contributed by atoms with Crippen LogP contribution in [-0.2, 0) is 17.9 Å². The first-order chi connectivity index (χ1) is 10.0. The van der Waals surface area contributed by atoms with Gasteiger partial charge in [-0.2, -0.15) is 10.2 Å². The third-order valence-electron chi connectivity index (χ3n) is 3.36. The van der Waals surface area contributed by atoms with Crippen LogP contribution in [0.1, 0.15) is 32.5 Å². The van der Waals surface area contributed by atoms with E-state index in [9.17, 15) is 4.79 Å². The van der Waals surface area contributed by atoms with Crippen molar-refractivity contribution in [3.05, 3.63) is 35.4 Å². The number of carbonyl (C=O) groups is 1. The first kappa shape index (κ1) is 15.6. The number of hydrogen-bond donors (Lipinski definition) is 1. The van der Waals surface area contributed by atoms with Gasteiger partial charge in [0, 0.05) is 18.9 Å². The van der Waals surface area contributed by atoms with Crippen LogP contribution >= 0.6 is 11.6 Å². The zero-order chi connectivity index (χ0) is 15.4. The van der Waals surface area contributed by atoms with Gasteiger partial charge in [-0.25, -0.2) is 0 Å². The maximum atomic E-state index is 12.2. The van der Waals surface area contributed by atoms with Gasteiger partial charge in [0.1, 0.15) is 0 Å². The Labute approximate surface area is 129 Å². The highest BCUT2D eigenvalue weighted by Gasteiger charge is 2.18. The van der Waals surface area contributed by atoms with Gasteiger partial charge in [-0.05, 0) is 19.9 Å². The normalized spacial score (nSPS) is 13.9. The van der Waals surface area contributed by atoms with Gasteiger partial charge >= 0.3 is 0 Å². The molecule has 1 N–H and O–H groups in total. The van der Waals surface area contributed by atoms with Crippen LogP contribution < -0.4 is 5.32 Å². The van der Waals surface area contributed by atoms with Gasteiger partial charge in [-0.3, -0.25) is 14.2 Å². The molecule has 6 nitrogen and oxygen atoms in total. The molecule has 2 aromatic heterocycles. The van der Waals surface area contributed by atoms with Crippen molar-refractivity contribution < 1.29 is 4.79 Å². The van der Waals surface area contributed by atoms with E-state index in [1.54, 1.807) is 23.3 Å². The summed E-state index contributed by atoms with van der Waals surface area (Å²) in [7, 11) is 0. The standard InChI is InChI=1S/C14H20ClN5O/c1-4-20-13(5-6-16-20)11(3)18-14(21)10(2)8-19-9-12(15)7-17-19/h5-7,9-11H,4,8H2,1-3H3,(H,18,21). The molecule has 0 aromatic carbocycles. The minimum Gasteiger partial charge on any atom is -0.348 e. The third-order valence-corrected chi connectivity index (χ3v) is 3.56. The molecular formula is C14H20ClN5O. The molecule has 0 fully saturated rings. The van der Waals surface area contributed by atoms with Crippen molar-refractivity contribution in [1.82, 2.24) is 24.9 Å². The molecular weight excluding hydrogens is 290 g/mol. The van der Waals surface area contributed by atoms with Crippen LogP contribution in [0.2, 0.25) is 5.02 Å². The van der Waals surface area contributed by atoms with E-state index in [0.717, 1.165) is 12.2 Å². The molecule has 2 heterocycles. The predicted molar refractivity (Wildman–Crippen MR) is 80.9 cm³/mol. The number of rotatable bonds is 6. The molecule has 0 aliphatic heterocycles. The van der Waals surface area contributed by atoms with Crippen molar-refractivity contribution in [1.29, 1.82) is 0 Å². The molecule has 0 saturated heterocycles. The number of nitrogens with zero attached hydrogens (tertiary/aromatic N) is 4.